The molecule has 0 radical (unpaired) electrons. The predicted molar refractivity (Wildman–Crippen MR) is 263 cm³/mol. The lowest BCUT2D eigenvalue weighted by atomic mass is 9.82. The normalized spacial score (nSPS) is 13.1. The first-order chi connectivity index (χ1) is 30.5. The highest BCUT2D eigenvalue weighted by molar-refractivity contribution is 7.99. The first-order valence-electron chi connectivity index (χ1n) is 21.4. The molecule has 10 aromatic rings. The van der Waals surface area contributed by atoms with E-state index >= 15 is 0 Å². The van der Waals surface area contributed by atoms with Crippen LogP contribution in [0.1, 0.15) is 25.0 Å². The number of rotatable bonds is 7. The molecule has 0 atom stereocenters. The molecule has 0 bridgehead atoms. The van der Waals surface area contributed by atoms with Gasteiger partial charge in [-0.3, -0.25) is 0 Å². The van der Waals surface area contributed by atoms with E-state index in [1.165, 1.54) is 75.8 Å². The van der Waals surface area contributed by atoms with Gasteiger partial charge in [0.15, 0.2) is 0 Å². The third kappa shape index (κ3) is 5.80. The summed E-state index contributed by atoms with van der Waals surface area (Å²) in [5, 5.41) is 5.08. The zero-order chi connectivity index (χ0) is 41.4. The minimum absolute atomic E-state index is 0.0665. The Morgan fingerprint density at radius 3 is 1.74 bits per heavy atom. The van der Waals surface area contributed by atoms with Gasteiger partial charge in [0.1, 0.15) is 0 Å². The van der Waals surface area contributed by atoms with E-state index in [9.17, 15) is 0 Å². The molecule has 0 saturated heterocycles. The lowest BCUT2D eigenvalue weighted by molar-refractivity contribution is 0.660. The molecule has 0 amide bonds. The van der Waals surface area contributed by atoms with Crippen molar-refractivity contribution in [3.8, 4) is 33.4 Å². The maximum Gasteiger partial charge on any atom is 0.0540 e. The van der Waals surface area contributed by atoms with E-state index in [2.05, 4.69) is 242 Å². The van der Waals surface area contributed by atoms with Crippen molar-refractivity contribution in [2.75, 3.05) is 9.80 Å². The molecule has 10 aromatic carbocycles. The number of fused-ring (bicyclic) bond motifs is 7. The fourth-order valence-corrected chi connectivity index (χ4v) is 11.3. The summed E-state index contributed by atoms with van der Waals surface area (Å²) in [5.41, 5.74) is 17.1. The third-order valence-electron chi connectivity index (χ3n) is 13.0. The van der Waals surface area contributed by atoms with Gasteiger partial charge in [-0.15, -0.1) is 0 Å². The highest BCUT2D eigenvalue weighted by Gasteiger charge is 2.36. The first kappa shape index (κ1) is 36.5. The summed E-state index contributed by atoms with van der Waals surface area (Å²) in [5.74, 6) is 0. The third-order valence-corrected chi connectivity index (χ3v) is 14.1. The molecular weight excluding hydrogens is 769 g/mol. The van der Waals surface area contributed by atoms with E-state index in [1.807, 2.05) is 11.8 Å². The standard InChI is InChI=1S/C59H42N2S/c1-59(2)53-26-14-12-24-47(53)51-37-44(32-34-54(51)59)61(55-27-15-13-23-46(55)39-17-6-3-7-18-39)45-31-33-48-52-35-40-29-30-43(60(41-19-8-4-9-20-41)42-21-10-5-11-22-42)36-50(40)49-25-16-28-56(58(49)52)62-57(48)38-45/h3-38H,1-2H3. The second-order valence-electron chi connectivity index (χ2n) is 16.9. The molecule has 1 aliphatic carbocycles. The summed E-state index contributed by atoms with van der Waals surface area (Å²) in [4.78, 5) is 7.36. The van der Waals surface area contributed by atoms with Crippen molar-refractivity contribution >= 4 is 67.4 Å². The molecule has 2 aliphatic rings. The van der Waals surface area contributed by atoms with Crippen LogP contribution in [0.25, 0.3) is 54.9 Å². The van der Waals surface area contributed by atoms with Gasteiger partial charge in [-0.25, -0.2) is 0 Å². The Labute approximate surface area is 367 Å². The molecule has 0 aromatic heterocycles. The highest BCUT2D eigenvalue weighted by atomic mass is 32.2. The second-order valence-corrected chi connectivity index (χ2v) is 18.0. The van der Waals surface area contributed by atoms with Gasteiger partial charge in [-0.1, -0.05) is 165 Å². The van der Waals surface area contributed by atoms with Crippen LogP contribution >= 0.6 is 11.8 Å². The van der Waals surface area contributed by atoms with E-state index < -0.39 is 0 Å². The van der Waals surface area contributed by atoms with Crippen LogP contribution in [-0.4, -0.2) is 0 Å². The SMILES string of the molecule is CC1(C)c2ccccc2-c2cc(N(c3ccc4c(c3)Sc3cccc5c3c-4cc3ccc(N(c4ccccc4)c4ccccc4)cc35)c3ccccc3-c3ccccc3)ccc21. The molecule has 0 spiro atoms. The summed E-state index contributed by atoms with van der Waals surface area (Å²) < 4.78 is 0. The van der Waals surface area contributed by atoms with E-state index in [4.69, 9.17) is 0 Å². The van der Waals surface area contributed by atoms with Gasteiger partial charge in [-0.2, -0.15) is 0 Å². The van der Waals surface area contributed by atoms with Crippen molar-refractivity contribution in [1.82, 2.24) is 0 Å². The van der Waals surface area contributed by atoms with Crippen molar-refractivity contribution in [3.63, 3.8) is 0 Å². The molecule has 294 valence electrons. The summed E-state index contributed by atoms with van der Waals surface area (Å²) in [6.45, 7) is 4.70. The fourth-order valence-electron chi connectivity index (χ4n) is 10.1. The first-order valence-corrected chi connectivity index (χ1v) is 22.2. The minimum atomic E-state index is -0.0665. The molecule has 0 unspecified atom stereocenters. The maximum absolute atomic E-state index is 2.47. The molecule has 62 heavy (non-hydrogen) atoms. The number of hydrogen-bond acceptors (Lipinski definition) is 3. The summed E-state index contributed by atoms with van der Waals surface area (Å²) in [7, 11) is 0. The molecule has 1 aliphatic heterocycles. The molecule has 2 nitrogen and oxygen atoms in total. The topological polar surface area (TPSA) is 6.48 Å². The van der Waals surface area contributed by atoms with Crippen LogP contribution in [0.4, 0.5) is 34.1 Å². The Morgan fingerprint density at radius 2 is 0.968 bits per heavy atom. The number of anilines is 6. The van der Waals surface area contributed by atoms with E-state index in [0.29, 0.717) is 0 Å². The van der Waals surface area contributed by atoms with Gasteiger partial charge < -0.3 is 9.80 Å². The number of nitrogens with zero attached hydrogens (tertiary/aromatic N) is 2. The Hall–Kier alpha value is -7.33. The lowest BCUT2D eigenvalue weighted by Crippen LogP contribution is -2.15. The van der Waals surface area contributed by atoms with Crippen LogP contribution < -0.4 is 9.80 Å². The number of benzene rings is 10. The monoisotopic (exact) mass is 810 g/mol. The van der Waals surface area contributed by atoms with Gasteiger partial charge in [0.2, 0.25) is 0 Å². The summed E-state index contributed by atoms with van der Waals surface area (Å²) in [6, 6.07) is 80.3. The fraction of sp³-hybridized carbons (Fsp3) is 0.0508. The molecule has 0 N–H and O–H groups in total. The Kier molecular flexibility index (Phi) is 8.48. The zero-order valence-electron chi connectivity index (χ0n) is 34.6. The average molecular weight is 811 g/mol. The minimum Gasteiger partial charge on any atom is -0.310 e. The molecule has 1 heterocycles. The molecule has 12 rings (SSSR count). The van der Waals surface area contributed by atoms with Crippen molar-refractivity contribution in [2.45, 2.75) is 29.1 Å². The van der Waals surface area contributed by atoms with Crippen LogP contribution in [-0.2, 0) is 5.41 Å². The van der Waals surface area contributed by atoms with E-state index in [1.54, 1.807) is 0 Å². The van der Waals surface area contributed by atoms with Crippen LogP contribution in [0.15, 0.2) is 228 Å². The van der Waals surface area contributed by atoms with Gasteiger partial charge in [-0.05, 0) is 134 Å². The maximum atomic E-state index is 2.47. The second kappa shape index (κ2) is 14.4. The lowest BCUT2D eigenvalue weighted by Gasteiger charge is -2.30. The quantitative estimate of drug-likeness (QED) is 0.148. The summed E-state index contributed by atoms with van der Waals surface area (Å²) in [6.07, 6.45) is 0. The van der Waals surface area contributed by atoms with E-state index in [0.717, 1.165) is 34.1 Å². The zero-order valence-corrected chi connectivity index (χ0v) is 35.4. The van der Waals surface area contributed by atoms with Gasteiger partial charge >= 0.3 is 0 Å². The Balaban J connectivity index is 1.02. The van der Waals surface area contributed by atoms with E-state index in [-0.39, 0.29) is 5.41 Å². The predicted octanol–water partition coefficient (Wildman–Crippen LogP) is 17.0. The Morgan fingerprint density at radius 1 is 0.355 bits per heavy atom. The molecule has 3 heteroatoms. The highest BCUT2D eigenvalue weighted by Crippen LogP contribution is 2.54. The average Bonchev–Trinajstić information content (AvgIpc) is 3.55. The smallest absolute Gasteiger partial charge is 0.0540 e. The van der Waals surface area contributed by atoms with Crippen molar-refractivity contribution < 1.29 is 0 Å². The van der Waals surface area contributed by atoms with Crippen molar-refractivity contribution in [1.29, 1.82) is 0 Å². The molecular formula is C59H42N2S. The van der Waals surface area contributed by atoms with Crippen molar-refractivity contribution in [2.24, 2.45) is 0 Å². The van der Waals surface area contributed by atoms with Crippen LogP contribution in [0.2, 0.25) is 0 Å². The Bertz CT molecular complexity index is 3320. The van der Waals surface area contributed by atoms with Crippen LogP contribution in [0, 0.1) is 0 Å². The van der Waals surface area contributed by atoms with Crippen LogP contribution in [0.3, 0.4) is 0 Å². The summed E-state index contributed by atoms with van der Waals surface area (Å²) >= 11 is 1.88. The van der Waals surface area contributed by atoms with Crippen molar-refractivity contribution in [3.05, 3.63) is 230 Å². The van der Waals surface area contributed by atoms with Gasteiger partial charge in [0.05, 0.1) is 5.69 Å². The molecule has 0 fully saturated rings. The van der Waals surface area contributed by atoms with Gasteiger partial charge in [0.25, 0.3) is 0 Å². The largest absolute Gasteiger partial charge is 0.310 e. The molecule has 0 saturated carbocycles. The number of para-hydroxylation sites is 3. The number of hydrogen-bond donors (Lipinski definition) is 0. The van der Waals surface area contributed by atoms with Gasteiger partial charge in [0, 0.05) is 54.6 Å². The van der Waals surface area contributed by atoms with Crippen LogP contribution in [0.5, 0.6) is 0 Å².